The maximum atomic E-state index is 5.33. The van der Waals surface area contributed by atoms with E-state index in [0.717, 1.165) is 17.2 Å². The molecule has 0 unspecified atom stereocenters. The number of anilines is 3. The van der Waals surface area contributed by atoms with E-state index in [1.165, 1.54) is 11.1 Å². The first-order valence-corrected chi connectivity index (χ1v) is 5.75. The first kappa shape index (κ1) is 12.3. The highest BCUT2D eigenvalue weighted by atomic mass is 15.3. The average molecular weight is 243 g/mol. The first-order chi connectivity index (χ1) is 8.58. The van der Waals surface area contributed by atoms with Crippen LogP contribution in [0.15, 0.2) is 24.3 Å². The lowest BCUT2D eigenvalue weighted by Gasteiger charge is -2.11. The summed E-state index contributed by atoms with van der Waals surface area (Å²) in [5.74, 6) is 6.46. The standard InChI is InChI=1S/C13H17N5/c1-8-4-5-9(2)11(6-8)16-12-7-10(3)15-13(17-12)18-14/h4-7H,14H2,1-3H3,(H2,15,16,17,18). The van der Waals surface area contributed by atoms with Crippen LogP contribution >= 0.6 is 0 Å². The van der Waals surface area contributed by atoms with Gasteiger partial charge in [-0.25, -0.2) is 10.8 Å². The van der Waals surface area contributed by atoms with Crippen LogP contribution < -0.4 is 16.6 Å². The molecule has 0 spiro atoms. The number of nitrogens with zero attached hydrogens (tertiary/aromatic N) is 2. The summed E-state index contributed by atoms with van der Waals surface area (Å²) in [7, 11) is 0. The Morgan fingerprint density at radius 1 is 1.06 bits per heavy atom. The van der Waals surface area contributed by atoms with Crippen LogP contribution in [-0.4, -0.2) is 9.97 Å². The monoisotopic (exact) mass is 243 g/mol. The second kappa shape index (κ2) is 5.01. The molecule has 2 aromatic rings. The summed E-state index contributed by atoms with van der Waals surface area (Å²) in [5, 5.41) is 3.28. The molecule has 5 nitrogen and oxygen atoms in total. The van der Waals surface area contributed by atoms with Gasteiger partial charge in [-0.15, -0.1) is 0 Å². The quantitative estimate of drug-likeness (QED) is 0.570. The number of hydrazine groups is 1. The van der Waals surface area contributed by atoms with Crippen molar-refractivity contribution in [2.75, 3.05) is 10.7 Å². The largest absolute Gasteiger partial charge is 0.340 e. The van der Waals surface area contributed by atoms with Crippen molar-refractivity contribution in [3.05, 3.63) is 41.1 Å². The van der Waals surface area contributed by atoms with Crippen LogP contribution in [0.25, 0.3) is 0 Å². The zero-order chi connectivity index (χ0) is 13.1. The molecule has 4 N–H and O–H groups in total. The second-order valence-corrected chi connectivity index (χ2v) is 4.31. The van der Waals surface area contributed by atoms with Crippen LogP contribution in [0.5, 0.6) is 0 Å². The maximum Gasteiger partial charge on any atom is 0.239 e. The number of benzene rings is 1. The summed E-state index contributed by atoms with van der Waals surface area (Å²) in [6, 6.07) is 8.12. The molecule has 0 aliphatic rings. The molecule has 0 saturated heterocycles. The molecule has 0 aliphatic heterocycles. The summed E-state index contributed by atoms with van der Waals surface area (Å²) in [5.41, 5.74) is 6.71. The number of hydrogen-bond acceptors (Lipinski definition) is 5. The highest BCUT2D eigenvalue weighted by Gasteiger charge is 2.03. The van der Waals surface area contributed by atoms with Crippen molar-refractivity contribution in [2.24, 2.45) is 5.84 Å². The summed E-state index contributed by atoms with van der Waals surface area (Å²) >= 11 is 0. The number of aromatic nitrogens is 2. The smallest absolute Gasteiger partial charge is 0.239 e. The van der Waals surface area contributed by atoms with Gasteiger partial charge in [0.05, 0.1) is 0 Å². The molecule has 94 valence electrons. The number of nitrogens with one attached hydrogen (secondary N) is 2. The van der Waals surface area contributed by atoms with Gasteiger partial charge in [0.25, 0.3) is 0 Å². The number of aryl methyl sites for hydroxylation is 3. The van der Waals surface area contributed by atoms with Gasteiger partial charge in [0.2, 0.25) is 5.95 Å². The fraction of sp³-hybridized carbons (Fsp3) is 0.231. The van der Waals surface area contributed by atoms with Gasteiger partial charge in [0.1, 0.15) is 5.82 Å². The van der Waals surface area contributed by atoms with E-state index in [0.29, 0.717) is 5.95 Å². The predicted octanol–water partition coefficient (Wildman–Crippen LogP) is 2.43. The van der Waals surface area contributed by atoms with E-state index < -0.39 is 0 Å². The van der Waals surface area contributed by atoms with Crippen LogP contribution in [0.3, 0.4) is 0 Å². The van der Waals surface area contributed by atoms with Gasteiger partial charge in [-0.3, -0.25) is 5.43 Å². The fourth-order valence-corrected chi connectivity index (χ4v) is 1.71. The lowest BCUT2D eigenvalue weighted by molar-refractivity contribution is 1.07. The van der Waals surface area contributed by atoms with Crippen LogP contribution in [-0.2, 0) is 0 Å². The molecule has 0 saturated carbocycles. The molecule has 0 radical (unpaired) electrons. The first-order valence-electron chi connectivity index (χ1n) is 5.75. The van der Waals surface area contributed by atoms with Crippen molar-refractivity contribution in [1.82, 2.24) is 9.97 Å². The van der Waals surface area contributed by atoms with Crippen molar-refractivity contribution in [2.45, 2.75) is 20.8 Å². The second-order valence-electron chi connectivity index (χ2n) is 4.31. The van der Waals surface area contributed by atoms with Gasteiger partial charge in [0.15, 0.2) is 0 Å². The number of nitrogens with two attached hydrogens (primary N) is 1. The Kier molecular flexibility index (Phi) is 3.43. The third-order valence-electron chi connectivity index (χ3n) is 2.64. The third-order valence-corrected chi connectivity index (χ3v) is 2.64. The molecular formula is C13H17N5. The number of nitrogen functional groups attached to an aromatic ring is 1. The molecule has 18 heavy (non-hydrogen) atoms. The Labute approximate surface area is 106 Å². The lowest BCUT2D eigenvalue weighted by atomic mass is 10.1. The minimum atomic E-state index is 0.405. The van der Waals surface area contributed by atoms with Gasteiger partial charge < -0.3 is 5.32 Å². The molecule has 2 rings (SSSR count). The van der Waals surface area contributed by atoms with Crippen LogP contribution in [0, 0.1) is 20.8 Å². The SMILES string of the molecule is Cc1ccc(C)c(Nc2cc(C)nc(NN)n2)c1. The van der Waals surface area contributed by atoms with Crippen molar-refractivity contribution >= 4 is 17.5 Å². The molecule has 0 fully saturated rings. The minimum Gasteiger partial charge on any atom is -0.340 e. The van der Waals surface area contributed by atoms with E-state index in [-0.39, 0.29) is 0 Å². The van der Waals surface area contributed by atoms with E-state index in [2.05, 4.69) is 52.8 Å². The highest BCUT2D eigenvalue weighted by Crippen LogP contribution is 2.21. The van der Waals surface area contributed by atoms with E-state index in [4.69, 9.17) is 5.84 Å². The third kappa shape index (κ3) is 2.75. The fourth-order valence-electron chi connectivity index (χ4n) is 1.71. The van der Waals surface area contributed by atoms with Crippen molar-refractivity contribution < 1.29 is 0 Å². The molecule has 1 aromatic heterocycles. The number of rotatable bonds is 3. The van der Waals surface area contributed by atoms with Gasteiger partial charge in [0, 0.05) is 17.4 Å². The maximum absolute atomic E-state index is 5.33. The predicted molar refractivity (Wildman–Crippen MR) is 73.8 cm³/mol. The minimum absolute atomic E-state index is 0.405. The van der Waals surface area contributed by atoms with E-state index in [1.807, 2.05) is 13.0 Å². The molecule has 1 heterocycles. The summed E-state index contributed by atoms with van der Waals surface area (Å²) in [4.78, 5) is 8.41. The van der Waals surface area contributed by atoms with Crippen LogP contribution in [0.1, 0.15) is 16.8 Å². The molecule has 0 bridgehead atoms. The zero-order valence-electron chi connectivity index (χ0n) is 10.8. The normalized spacial score (nSPS) is 10.2. The van der Waals surface area contributed by atoms with Crippen molar-refractivity contribution in [3.8, 4) is 0 Å². The zero-order valence-corrected chi connectivity index (χ0v) is 10.8. The summed E-state index contributed by atoms with van der Waals surface area (Å²) in [6.45, 7) is 6.01. The Morgan fingerprint density at radius 2 is 1.83 bits per heavy atom. The highest BCUT2D eigenvalue weighted by molar-refractivity contribution is 5.62. The molecule has 0 aliphatic carbocycles. The molecule has 1 aromatic carbocycles. The molecule has 0 amide bonds. The Morgan fingerprint density at radius 3 is 2.56 bits per heavy atom. The summed E-state index contributed by atoms with van der Waals surface area (Å²) < 4.78 is 0. The molecule has 0 atom stereocenters. The van der Waals surface area contributed by atoms with E-state index in [9.17, 15) is 0 Å². The van der Waals surface area contributed by atoms with Crippen LogP contribution in [0.2, 0.25) is 0 Å². The average Bonchev–Trinajstić information content (AvgIpc) is 2.33. The van der Waals surface area contributed by atoms with E-state index >= 15 is 0 Å². The van der Waals surface area contributed by atoms with Gasteiger partial charge >= 0.3 is 0 Å². The van der Waals surface area contributed by atoms with Crippen LogP contribution in [0.4, 0.5) is 17.5 Å². The van der Waals surface area contributed by atoms with Gasteiger partial charge in [-0.05, 0) is 38.0 Å². The Balaban J connectivity index is 2.33. The van der Waals surface area contributed by atoms with Gasteiger partial charge in [-0.1, -0.05) is 12.1 Å². The molecule has 5 heteroatoms. The Hall–Kier alpha value is -2.14. The Bertz CT molecular complexity index is 565. The lowest BCUT2D eigenvalue weighted by Crippen LogP contribution is -2.12. The van der Waals surface area contributed by atoms with Gasteiger partial charge in [-0.2, -0.15) is 4.98 Å². The van der Waals surface area contributed by atoms with E-state index in [1.54, 1.807) is 0 Å². The summed E-state index contributed by atoms with van der Waals surface area (Å²) in [6.07, 6.45) is 0. The van der Waals surface area contributed by atoms with Crippen molar-refractivity contribution in [3.63, 3.8) is 0 Å². The van der Waals surface area contributed by atoms with Crippen molar-refractivity contribution in [1.29, 1.82) is 0 Å². The molecular weight excluding hydrogens is 226 g/mol. The number of hydrogen-bond donors (Lipinski definition) is 3. The topological polar surface area (TPSA) is 75.9 Å².